The van der Waals surface area contributed by atoms with Gasteiger partial charge in [-0.05, 0) is 12.3 Å². The van der Waals surface area contributed by atoms with Crippen molar-refractivity contribution in [3.8, 4) is 0 Å². The molecule has 0 aromatic heterocycles. The summed E-state index contributed by atoms with van der Waals surface area (Å²) in [5.41, 5.74) is 0. The van der Waals surface area contributed by atoms with Crippen molar-refractivity contribution in [3.05, 3.63) is 24.8 Å². The highest BCUT2D eigenvalue weighted by atomic mass is 13.9. The Kier molecular flexibility index (Phi) is 4.33. The second-order valence-electron chi connectivity index (χ2n) is 1.93. The highest BCUT2D eigenvalue weighted by Crippen LogP contribution is 1.97. The summed E-state index contributed by atoms with van der Waals surface area (Å²) in [6, 6.07) is 0. The number of hydrogen-bond acceptors (Lipinski definition) is 0. The predicted molar refractivity (Wildman–Crippen MR) is 38.8 cm³/mol. The van der Waals surface area contributed by atoms with Crippen LogP contribution in [0.3, 0.4) is 0 Å². The summed E-state index contributed by atoms with van der Waals surface area (Å²) in [7, 11) is 0. The van der Waals surface area contributed by atoms with E-state index in [0.29, 0.717) is 5.92 Å². The second kappa shape index (κ2) is 4.63. The topological polar surface area (TPSA) is 0 Å². The van der Waals surface area contributed by atoms with E-state index in [1.807, 2.05) is 6.08 Å². The molecule has 0 aliphatic carbocycles. The zero-order chi connectivity index (χ0) is 6.41. The first-order chi connectivity index (χ1) is 3.81. The van der Waals surface area contributed by atoms with Crippen LogP contribution in [0.25, 0.3) is 0 Å². The van der Waals surface area contributed by atoms with Gasteiger partial charge in [0.05, 0.1) is 0 Å². The third kappa shape index (κ3) is 3.66. The van der Waals surface area contributed by atoms with Crippen molar-refractivity contribution in [3.63, 3.8) is 0 Å². The van der Waals surface area contributed by atoms with Gasteiger partial charge < -0.3 is 0 Å². The van der Waals surface area contributed by atoms with Crippen molar-refractivity contribution in [1.29, 1.82) is 0 Å². The summed E-state index contributed by atoms with van der Waals surface area (Å²) in [6.07, 6.45) is 7.38. The maximum atomic E-state index is 3.66. The SMILES string of the molecule is C=CC(C)/C=C\CC. The van der Waals surface area contributed by atoms with E-state index in [9.17, 15) is 0 Å². The molecule has 0 saturated carbocycles. The first-order valence-electron chi connectivity index (χ1n) is 3.10. The Morgan fingerprint density at radius 1 is 1.62 bits per heavy atom. The van der Waals surface area contributed by atoms with E-state index in [1.54, 1.807) is 0 Å². The molecule has 0 aliphatic heterocycles. The Morgan fingerprint density at radius 2 is 2.25 bits per heavy atom. The van der Waals surface area contributed by atoms with Crippen LogP contribution >= 0.6 is 0 Å². The monoisotopic (exact) mass is 110 g/mol. The molecule has 0 nitrogen and oxygen atoms in total. The molecule has 0 rings (SSSR count). The lowest BCUT2D eigenvalue weighted by Crippen LogP contribution is -1.78. The minimum absolute atomic E-state index is 0.537. The molecule has 0 heteroatoms. The first-order valence-corrected chi connectivity index (χ1v) is 3.10. The minimum Gasteiger partial charge on any atom is -0.102 e. The van der Waals surface area contributed by atoms with Crippen LogP contribution in [0.2, 0.25) is 0 Å². The van der Waals surface area contributed by atoms with E-state index in [1.165, 1.54) is 0 Å². The van der Waals surface area contributed by atoms with Crippen molar-refractivity contribution in [2.75, 3.05) is 0 Å². The lowest BCUT2D eigenvalue weighted by atomic mass is 10.1. The fourth-order valence-corrected chi connectivity index (χ4v) is 0.429. The Balaban J connectivity index is 3.35. The lowest BCUT2D eigenvalue weighted by molar-refractivity contribution is 0.933. The van der Waals surface area contributed by atoms with E-state index in [0.717, 1.165) is 6.42 Å². The molecule has 0 amide bonds. The van der Waals surface area contributed by atoms with Crippen LogP contribution in [-0.4, -0.2) is 0 Å². The van der Waals surface area contributed by atoms with Crippen LogP contribution in [0.4, 0.5) is 0 Å². The van der Waals surface area contributed by atoms with Crippen LogP contribution in [0, 0.1) is 5.92 Å². The maximum absolute atomic E-state index is 3.66. The fourth-order valence-electron chi connectivity index (χ4n) is 0.429. The highest BCUT2D eigenvalue weighted by Gasteiger charge is 1.82. The van der Waals surface area contributed by atoms with Crippen molar-refractivity contribution in [1.82, 2.24) is 0 Å². The first kappa shape index (κ1) is 7.48. The van der Waals surface area contributed by atoms with Gasteiger partial charge in [-0.1, -0.05) is 32.1 Å². The molecule has 0 fully saturated rings. The molecule has 8 heavy (non-hydrogen) atoms. The van der Waals surface area contributed by atoms with Gasteiger partial charge in [0.1, 0.15) is 0 Å². The second-order valence-corrected chi connectivity index (χ2v) is 1.93. The normalized spacial score (nSPS) is 14.2. The zero-order valence-electron chi connectivity index (χ0n) is 5.72. The van der Waals surface area contributed by atoms with E-state index in [-0.39, 0.29) is 0 Å². The van der Waals surface area contributed by atoms with Gasteiger partial charge in [0, 0.05) is 0 Å². The molecule has 0 radical (unpaired) electrons. The van der Waals surface area contributed by atoms with Crippen molar-refractivity contribution < 1.29 is 0 Å². The molecule has 46 valence electrons. The lowest BCUT2D eigenvalue weighted by Gasteiger charge is -1.92. The third-order valence-electron chi connectivity index (χ3n) is 1.05. The molecular weight excluding hydrogens is 96.1 g/mol. The van der Waals surface area contributed by atoms with Gasteiger partial charge in [0.25, 0.3) is 0 Å². The number of rotatable bonds is 3. The molecule has 0 spiro atoms. The van der Waals surface area contributed by atoms with Gasteiger partial charge in [0.2, 0.25) is 0 Å². The molecule has 0 heterocycles. The fraction of sp³-hybridized carbons (Fsp3) is 0.500. The summed E-state index contributed by atoms with van der Waals surface area (Å²) in [5.74, 6) is 0.537. The standard InChI is InChI=1S/C8H14/c1-4-6-7-8(3)5-2/h5-8H,2,4H2,1,3H3/b7-6-. The van der Waals surface area contributed by atoms with Gasteiger partial charge in [-0.3, -0.25) is 0 Å². The average Bonchev–Trinajstić information content (AvgIpc) is 1.83. The maximum Gasteiger partial charge on any atom is -0.00846 e. The molecule has 0 N–H and O–H groups in total. The van der Waals surface area contributed by atoms with Crippen LogP contribution in [0.1, 0.15) is 20.3 Å². The highest BCUT2D eigenvalue weighted by molar-refractivity contribution is 4.93. The molecule has 0 aromatic rings. The van der Waals surface area contributed by atoms with E-state index in [2.05, 4.69) is 32.6 Å². The summed E-state index contributed by atoms with van der Waals surface area (Å²) < 4.78 is 0. The quantitative estimate of drug-likeness (QED) is 0.490. The van der Waals surface area contributed by atoms with E-state index < -0.39 is 0 Å². The molecule has 0 saturated heterocycles. The van der Waals surface area contributed by atoms with Crippen LogP contribution in [-0.2, 0) is 0 Å². The Hall–Kier alpha value is -0.520. The smallest absolute Gasteiger partial charge is 0.00846 e. The molecule has 0 aliphatic rings. The van der Waals surface area contributed by atoms with Crippen molar-refractivity contribution in [2.45, 2.75) is 20.3 Å². The summed E-state index contributed by atoms with van der Waals surface area (Å²) in [6.45, 7) is 7.92. The molecule has 1 unspecified atom stereocenters. The number of allylic oxidation sites excluding steroid dienone is 3. The van der Waals surface area contributed by atoms with Crippen molar-refractivity contribution >= 4 is 0 Å². The number of hydrogen-bond donors (Lipinski definition) is 0. The summed E-state index contributed by atoms with van der Waals surface area (Å²) >= 11 is 0. The Bertz CT molecular complexity index is 80.0. The zero-order valence-corrected chi connectivity index (χ0v) is 5.72. The van der Waals surface area contributed by atoms with E-state index >= 15 is 0 Å². The summed E-state index contributed by atoms with van der Waals surface area (Å²) in [4.78, 5) is 0. The van der Waals surface area contributed by atoms with Crippen LogP contribution < -0.4 is 0 Å². The third-order valence-corrected chi connectivity index (χ3v) is 1.05. The van der Waals surface area contributed by atoms with Crippen LogP contribution in [0.5, 0.6) is 0 Å². The summed E-state index contributed by atoms with van der Waals surface area (Å²) in [5, 5.41) is 0. The Morgan fingerprint density at radius 3 is 2.62 bits per heavy atom. The average molecular weight is 110 g/mol. The Labute approximate surface area is 51.9 Å². The van der Waals surface area contributed by atoms with Gasteiger partial charge in [-0.2, -0.15) is 0 Å². The van der Waals surface area contributed by atoms with E-state index in [4.69, 9.17) is 0 Å². The molecule has 0 bridgehead atoms. The van der Waals surface area contributed by atoms with Gasteiger partial charge >= 0.3 is 0 Å². The molecular formula is C8H14. The molecule has 0 aromatic carbocycles. The van der Waals surface area contributed by atoms with Crippen LogP contribution in [0.15, 0.2) is 24.8 Å². The predicted octanol–water partition coefficient (Wildman–Crippen LogP) is 2.77. The van der Waals surface area contributed by atoms with Gasteiger partial charge in [-0.25, -0.2) is 0 Å². The minimum atomic E-state index is 0.537. The largest absolute Gasteiger partial charge is 0.102 e. The molecule has 1 atom stereocenters. The van der Waals surface area contributed by atoms with Crippen molar-refractivity contribution in [2.24, 2.45) is 5.92 Å². The van der Waals surface area contributed by atoms with Gasteiger partial charge in [-0.15, -0.1) is 6.58 Å². The van der Waals surface area contributed by atoms with Gasteiger partial charge in [0.15, 0.2) is 0 Å².